The van der Waals surface area contributed by atoms with Crippen LogP contribution in [-0.4, -0.2) is 11.9 Å². The molecular formula is C16H10O3. The van der Waals surface area contributed by atoms with Crippen molar-refractivity contribution in [3.8, 4) is 0 Å². The summed E-state index contributed by atoms with van der Waals surface area (Å²) in [5, 5.41) is 2.31. The van der Waals surface area contributed by atoms with E-state index in [9.17, 15) is 9.59 Å². The van der Waals surface area contributed by atoms with Crippen LogP contribution in [0.5, 0.6) is 0 Å². The molecule has 0 saturated heterocycles. The lowest BCUT2D eigenvalue weighted by atomic mass is 9.84. The molecule has 0 spiro atoms. The molecule has 0 saturated carbocycles. The highest BCUT2D eigenvalue weighted by Gasteiger charge is 2.37. The summed E-state index contributed by atoms with van der Waals surface area (Å²) in [4.78, 5) is 23.4. The van der Waals surface area contributed by atoms with Crippen molar-refractivity contribution in [2.24, 2.45) is 0 Å². The van der Waals surface area contributed by atoms with Crippen LogP contribution >= 0.6 is 0 Å². The Balaban J connectivity index is 2.07. The van der Waals surface area contributed by atoms with E-state index in [0.717, 1.165) is 28.3 Å². The lowest BCUT2D eigenvalue weighted by Gasteiger charge is -2.17. The molecule has 2 aliphatic rings. The van der Waals surface area contributed by atoms with Crippen LogP contribution in [-0.2, 0) is 20.7 Å². The third kappa shape index (κ3) is 1.32. The largest absolute Gasteiger partial charge is 0.386 e. The van der Waals surface area contributed by atoms with Crippen molar-refractivity contribution in [1.82, 2.24) is 0 Å². The van der Waals surface area contributed by atoms with Gasteiger partial charge in [0.25, 0.3) is 0 Å². The molecule has 0 N–H and O–H groups in total. The summed E-state index contributed by atoms with van der Waals surface area (Å²) < 4.78 is 4.73. The van der Waals surface area contributed by atoms with Crippen LogP contribution in [0.4, 0.5) is 0 Å². The maximum absolute atomic E-state index is 11.8. The van der Waals surface area contributed by atoms with E-state index in [1.54, 1.807) is 0 Å². The Kier molecular flexibility index (Phi) is 1.96. The van der Waals surface area contributed by atoms with Crippen LogP contribution in [0, 0.1) is 0 Å². The van der Waals surface area contributed by atoms with E-state index in [1.807, 2.05) is 24.3 Å². The zero-order chi connectivity index (χ0) is 13.0. The van der Waals surface area contributed by atoms with Gasteiger partial charge in [-0.2, -0.15) is 0 Å². The first-order valence-corrected chi connectivity index (χ1v) is 6.26. The number of benzene rings is 2. The second-order valence-electron chi connectivity index (χ2n) is 4.84. The Morgan fingerprint density at radius 1 is 0.895 bits per heavy atom. The summed E-state index contributed by atoms with van der Waals surface area (Å²) in [6, 6.07) is 12.0. The zero-order valence-electron chi connectivity index (χ0n) is 10.1. The number of aryl methyl sites for hydroxylation is 1. The summed E-state index contributed by atoms with van der Waals surface area (Å²) in [6.07, 6.45) is 1.36. The molecular weight excluding hydrogens is 240 g/mol. The quantitative estimate of drug-likeness (QED) is 0.533. The van der Waals surface area contributed by atoms with Gasteiger partial charge in [-0.1, -0.05) is 36.4 Å². The van der Waals surface area contributed by atoms with Crippen molar-refractivity contribution in [2.45, 2.75) is 12.8 Å². The van der Waals surface area contributed by atoms with Crippen molar-refractivity contribution in [2.75, 3.05) is 0 Å². The van der Waals surface area contributed by atoms with Gasteiger partial charge in [0.2, 0.25) is 0 Å². The van der Waals surface area contributed by atoms with E-state index >= 15 is 0 Å². The fourth-order valence-electron chi connectivity index (χ4n) is 3.01. The van der Waals surface area contributed by atoms with E-state index in [-0.39, 0.29) is 0 Å². The fraction of sp³-hybridized carbons (Fsp3) is 0.125. The Bertz CT molecular complexity index is 784. The predicted octanol–water partition coefficient (Wildman–Crippen LogP) is 2.62. The Hall–Kier alpha value is -2.42. The highest BCUT2D eigenvalue weighted by molar-refractivity contribution is 6.32. The summed E-state index contributed by atoms with van der Waals surface area (Å²) in [6.45, 7) is 0. The predicted molar refractivity (Wildman–Crippen MR) is 70.3 cm³/mol. The lowest BCUT2D eigenvalue weighted by Crippen LogP contribution is -2.07. The van der Waals surface area contributed by atoms with Gasteiger partial charge in [0, 0.05) is 0 Å². The van der Waals surface area contributed by atoms with Crippen molar-refractivity contribution in [3.63, 3.8) is 0 Å². The molecule has 92 valence electrons. The number of fused-ring (bicyclic) bond motifs is 4. The lowest BCUT2D eigenvalue weighted by molar-refractivity contribution is -0.150. The number of carbonyl (C=O) groups excluding carboxylic acids is 2. The van der Waals surface area contributed by atoms with Crippen molar-refractivity contribution in [1.29, 1.82) is 0 Å². The number of cyclic esters (lactones) is 2. The number of esters is 2. The number of hydrogen-bond donors (Lipinski definition) is 0. The van der Waals surface area contributed by atoms with Gasteiger partial charge in [0.15, 0.2) is 0 Å². The topological polar surface area (TPSA) is 43.4 Å². The molecule has 0 amide bonds. The van der Waals surface area contributed by atoms with Crippen LogP contribution in [0.2, 0.25) is 0 Å². The number of carbonyl (C=O) groups is 2. The molecule has 4 rings (SSSR count). The molecule has 0 atom stereocenters. The first-order valence-electron chi connectivity index (χ1n) is 6.26. The number of ether oxygens (including phenoxy) is 1. The maximum Gasteiger partial charge on any atom is 0.347 e. The fourth-order valence-corrected chi connectivity index (χ4v) is 3.01. The summed E-state index contributed by atoms with van der Waals surface area (Å²) in [7, 11) is 0. The zero-order valence-corrected chi connectivity index (χ0v) is 10.1. The van der Waals surface area contributed by atoms with Crippen LogP contribution in [0.3, 0.4) is 0 Å². The minimum Gasteiger partial charge on any atom is -0.386 e. The van der Waals surface area contributed by atoms with Gasteiger partial charge in [0.05, 0.1) is 11.1 Å². The normalized spacial score (nSPS) is 17.5. The van der Waals surface area contributed by atoms with E-state index in [0.29, 0.717) is 17.6 Å². The van der Waals surface area contributed by atoms with E-state index in [2.05, 4.69) is 12.1 Å². The number of rotatable bonds is 0. The van der Waals surface area contributed by atoms with Gasteiger partial charge in [-0.15, -0.1) is 0 Å². The van der Waals surface area contributed by atoms with Crippen LogP contribution in [0.15, 0.2) is 42.0 Å². The first-order chi connectivity index (χ1) is 9.25. The Morgan fingerprint density at radius 2 is 1.74 bits per heavy atom. The van der Waals surface area contributed by atoms with Gasteiger partial charge < -0.3 is 4.74 Å². The summed E-state index contributed by atoms with van der Waals surface area (Å²) in [5.41, 5.74) is 3.00. The highest BCUT2D eigenvalue weighted by Crippen LogP contribution is 2.39. The SMILES string of the molecule is O=C1OC(=O)C2=C1CCc1c2ccc2ccccc12. The summed E-state index contributed by atoms with van der Waals surface area (Å²) >= 11 is 0. The standard InChI is InChI=1S/C16H10O3/c17-15-13-8-7-11-10-4-2-1-3-9(10)5-6-12(11)14(13)16(18)19-15/h1-6H,7-8H2. The molecule has 1 heterocycles. The second-order valence-corrected chi connectivity index (χ2v) is 4.84. The smallest absolute Gasteiger partial charge is 0.347 e. The second kappa shape index (κ2) is 3.54. The van der Waals surface area contributed by atoms with Crippen molar-refractivity contribution >= 4 is 28.3 Å². The van der Waals surface area contributed by atoms with Crippen LogP contribution in [0.1, 0.15) is 17.5 Å². The van der Waals surface area contributed by atoms with Crippen molar-refractivity contribution in [3.05, 3.63) is 53.1 Å². The molecule has 2 aromatic carbocycles. The van der Waals surface area contributed by atoms with Gasteiger partial charge in [-0.05, 0) is 34.7 Å². The highest BCUT2D eigenvalue weighted by atomic mass is 16.6. The van der Waals surface area contributed by atoms with Gasteiger partial charge in [0.1, 0.15) is 0 Å². The maximum atomic E-state index is 11.8. The molecule has 3 heteroatoms. The van der Waals surface area contributed by atoms with Crippen LogP contribution < -0.4 is 0 Å². The molecule has 1 aliphatic carbocycles. The first kappa shape index (κ1) is 10.5. The monoisotopic (exact) mass is 250 g/mol. The Morgan fingerprint density at radius 3 is 2.63 bits per heavy atom. The van der Waals surface area contributed by atoms with Crippen LogP contribution in [0.25, 0.3) is 16.3 Å². The average Bonchev–Trinajstić information content (AvgIpc) is 2.74. The van der Waals surface area contributed by atoms with Gasteiger partial charge in [-0.3, -0.25) is 0 Å². The molecule has 3 nitrogen and oxygen atoms in total. The number of hydrogen-bond acceptors (Lipinski definition) is 3. The molecule has 1 aliphatic heterocycles. The molecule has 0 radical (unpaired) electrons. The van der Waals surface area contributed by atoms with Gasteiger partial charge >= 0.3 is 11.9 Å². The third-order valence-corrected chi connectivity index (χ3v) is 3.87. The molecule has 19 heavy (non-hydrogen) atoms. The molecule has 0 aromatic heterocycles. The van der Waals surface area contributed by atoms with Gasteiger partial charge in [-0.25, -0.2) is 9.59 Å². The summed E-state index contributed by atoms with van der Waals surface area (Å²) in [5.74, 6) is -0.977. The molecule has 0 bridgehead atoms. The van der Waals surface area contributed by atoms with E-state index in [1.165, 1.54) is 0 Å². The molecule has 0 unspecified atom stereocenters. The molecule has 2 aromatic rings. The van der Waals surface area contributed by atoms with E-state index in [4.69, 9.17) is 4.74 Å². The third-order valence-electron chi connectivity index (χ3n) is 3.87. The Labute approximate surface area is 109 Å². The van der Waals surface area contributed by atoms with Crippen molar-refractivity contribution < 1.29 is 14.3 Å². The molecule has 0 fully saturated rings. The minimum atomic E-state index is -0.503. The van der Waals surface area contributed by atoms with E-state index < -0.39 is 11.9 Å². The minimum absolute atomic E-state index is 0.469. The average molecular weight is 250 g/mol.